The van der Waals surface area contributed by atoms with Gasteiger partial charge in [0.1, 0.15) is 4.83 Å². The first-order chi connectivity index (χ1) is 11.7. The number of fused-ring (bicyclic) bond motifs is 3. The molecule has 0 spiro atoms. The number of aromatic nitrogens is 2. The lowest BCUT2D eigenvalue weighted by Crippen LogP contribution is -2.22. The van der Waals surface area contributed by atoms with Crippen molar-refractivity contribution in [3.63, 3.8) is 0 Å². The third-order valence-electron chi connectivity index (χ3n) is 4.36. The summed E-state index contributed by atoms with van der Waals surface area (Å²) < 4.78 is 1.76. The fourth-order valence-corrected chi connectivity index (χ4v) is 5.33. The molecule has 0 saturated carbocycles. The first-order valence-corrected chi connectivity index (χ1v) is 10.3. The molecule has 1 aromatic carbocycles. The minimum atomic E-state index is 0.121. The van der Waals surface area contributed by atoms with Crippen molar-refractivity contribution in [2.75, 3.05) is 5.75 Å². The Morgan fingerprint density at radius 2 is 2.00 bits per heavy atom. The molecule has 2 heterocycles. The summed E-state index contributed by atoms with van der Waals surface area (Å²) in [5, 5.41) is 1.61. The van der Waals surface area contributed by atoms with Crippen LogP contribution in [0.1, 0.15) is 23.3 Å². The molecule has 2 aromatic heterocycles. The maximum Gasteiger partial charge on any atom is 0.262 e. The molecule has 0 unspecified atom stereocenters. The van der Waals surface area contributed by atoms with Gasteiger partial charge in [0.15, 0.2) is 0 Å². The van der Waals surface area contributed by atoms with Gasteiger partial charge in [0.05, 0.1) is 11.7 Å². The van der Waals surface area contributed by atoms with E-state index in [0.29, 0.717) is 6.54 Å². The Morgan fingerprint density at radius 1 is 1.21 bits per heavy atom. The maximum absolute atomic E-state index is 12.9. The molecule has 24 heavy (non-hydrogen) atoms. The molecule has 3 nitrogen and oxygen atoms in total. The van der Waals surface area contributed by atoms with Crippen molar-refractivity contribution in [3.8, 4) is 0 Å². The lowest BCUT2D eigenvalue weighted by atomic mass is 9.97. The topological polar surface area (TPSA) is 34.9 Å². The van der Waals surface area contributed by atoms with E-state index in [9.17, 15) is 4.79 Å². The molecule has 0 saturated heterocycles. The third kappa shape index (κ3) is 3.13. The fraction of sp³-hybridized carbons (Fsp3) is 0.333. The van der Waals surface area contributed by atoms with Gasteiger partial charge < -0.3 is 0 Å². The molecule has 124 valence electrons. The number of rotatable bonds is 4. The molecule has 6 heteroatoms. The first-order valence-electron chi connectivity index (χ1n) is 8.10. The number of hydrogen-bond donors (Lipinski definition) is 0. The summed E-state index contributed by atoms with van der Waals surface area (Å²) in [5.41, 5.74) is 1.38. The van der Waals surface area contributed by atoms with Crippen molar-refractivity contribution in [1.82, 2.24) is 9.55 Å². The normalized spacial score (nSPS) is 14.0. The Bertz CT molecular complexity index is 931. The molecule has 0 aliphatic heterocycles. The second-order valence-electron chi connectivity index (χ2n) is 5.94. The molecule has 0 amide bonds. The molecule has 3 aromatic rings. The van der Waals surface area contributed by atoms with Crippen LogP contribution in [0.3, 0.4) is 0 Å². The predicted molar refractivity (Wildman–Crippen MR) is 103 cm³/mol. The quantitative estimate of drug-likeness (QED) is 0.614. The van der Waals surface area contributed by atoms with Crippen molar-refractivity contribution in [2.24, 2.45) is 0 Å². The van der Waals surface area contributed by atoms with Crippen molar-refractivity contribution in [1.29, 1.82) is 0 Å². The van der Waals surface area contributed by atoms with Crippen molar-refractivity contribution in [3.05, 3.63) is 56.4 Å². The molecule has 0 fully saturated rings. The van der Waals surface area contributed by atoms with E-state index in [1.165, 1.54) is 23.3 Å². The minimum absolute atomic E-state index is 0.121. The van der Waals surface area contributed by atoms with Gasteiger partial charge in [-0.1, -0.05) is 11.6 Å². The van der Waals surface area contributed by atoms with Crippen molar-refractivity contribution >= 4 is 44.9 Å². The SMILES string of the molecule is O=c1c2c3c(sc2ncn1CCSc1ccc(Cl)cc1)CCCC3. The summed E-state index contributed by atoms with van der Waals surface area (Å²) in [6.07, 6.45) is 6.23. The average Bonchev–Trinajstić information content (AvgIpc) is 2.98. The van der Waals surface area contributed by atoms with E-state index in [4.69, 9.17) is 11.6 Å². The second-order valence-corrected chi connectivity index (χ2v) is 8.62. The zero-order chi connectivity index (χ0) is 16.5. The maximum atomic E-state index is 12.9. The number of halogens is 1. The van der Waals surface area contributed by atoms with Crippen LogP contribution in [0.25, 0.3) is 10.2 Å². The van der Waals surface area contributed by atoms with Crippen LogP contribution in [0.4, 0.5) is 0 Å². The van der Waals surface area contributed by atoms with Crippen LogP contribution in [0, 0.1) is 0 Å². The van der Waals surface area contributed by atoms with Crippen LogP contribution in [-0.2, 0) is 19.4 Å². The molecule has 1 aliphatic carbocycles. The average molecular weight is 377 g/mol. The summed E-state index contributed by atoms with van der Waals surface area (Å²) in [6, 6.07) is 7.79. The van der Waals surface area contributed by atoms with E-state index in [0.717, 1.165) is 38.7 Å². The van der Waals surface area contributed by atoms with Crippen LogP contribution < -0.4 is 5.56 Å². The highest BCUT2D eigenvalue weighted by Gasteiger charge is 2.19. The van der Waals surface area contributed by atoms with Crippen molar-refractivity contribution < 1.29 is 0 Å². The Morgan fingerprint density at radius 3 is 2.83 bits per heavy atom. The third-order valence-corrected chi connectivity index (χ3v) is 6.80. The van der Waals surface area contributed by atoms with Gasteiger partial charge in [-0.25, -0.2) is 4.98 Å². The van der Waals surface area contributed by atoms with E-state index in [2.05, 4.69) is 4.98 Å². The van der Waals surface area contributed by atoms with E-state index in [1.54, 1.807) is 34.0 Å². The van der Waals surface area contributed by atoms with Crippen LogP contribution in [0.15, 0.2) is 40.3 Å². The summed E-state index contributed by atoms with van der Waals surface area (Å²) >= 11 is 9.33. The van der Waals surface area contributed by atoms with E-state index in [-0.39, 0.29) is 5.56 Å². The molecule has 0 radical (unpaired) electrons. The van der Waals surface area contributed by atoms with Gasteiger partial charge >= 0.3 is 0 Å². The highest BCUT2D eigenvalue weighted by Crippen LogP contribution is 2.33. The Balaban J connectivity index is 1.55. The highest BCUT2D eigenvalue weighted by molar-refractivity contribution is 7.99. The number of nitrogens with zero attached hydrogens (tertiary/aromatic N) is 2. The Labute approximate surface area is 153 Å². The van der Waals surface area contributed by atoms with Crippen LogP contribution in [0.2, 0.25) is 5.02 Å². The number of aryl methyl sites for hydroxylation is 3. The zero-order valence-corrected chi connectivity index (χ0v) is 15.5. The standard InChI is InChI=1S/C18H17ClN2OS2/c19-12-5-7-13(8-6-12)23-10-9-21-11-20-17-16(18(21)22)14-3-1-2-4-15(14)24-17/h5-8,11H,1-4,9-10H2. The van der Waals surface area contributed by atoms with Gasteiger partial charge in [-0.15, -0.1) is 23.1 Å². The lowest BCUT2D eigenvalue weighted by Gasteiger charge is -2.10. The highest BCUT2D eigenvalue weighted by atomic mass is 35.5. The Kier molecular flexibility index (Phi) is 4.66. The van der Waals surface area contributed by atoms with E-state index < -0.39 is 0 Å². The molecule has 1 aliphatic rings. The second kappa shape index (κ2) is 6.90. The molecular weight excluding hydrogens is 360 g/mol. The predicted octanol–water partition coefficient (Wildman–Crippen LogP) is 4.78. The van der Waals surface area contributed by atoms with Crippen LogP contribution >= 0.6 is 34.7 Å². The van der Waals surface area contributed by atoms with Gasteiger partial charge in [0.25, 0.3) is 5.56 Å². The van der Waals surface area contributed by atoms with Gasteiger partial charge in [0, 0.05) is 27.1 Å². The fourth-order valence-electron chi connectivity index (χ4n) is 3.13. The number of thioether (sulfide) groups is 1. The molecular formula is C18H17ClN2OS2. The van der Waals surface area contributed by atoms with E-state index in [1.807, 2.05) is 24.3 Å². The van der Waals surface area contributed by atoms with Crippen LogP contribution in [0.5, 0.6) is 0 Å². The van der Waals surface area contributed by atoms with E-state index >= 15 is 0 Å². The van der Waals surface area contributed by atoms with Gasteiger partial charge in [-0.2, -0.15) is 0 Å². The smallest absolute Gasteiger partial charge is 0.262 e. The summed E-state index contributed by atoms with van der Waals surface area (Å²) in [6.45, 7) is 0.666. The molecule has 4 rings (SSSR count). The van der Waals surface area contributed by atoms with Crippen molar-refractivity contribution in [2.45, 2.75) is 37.1 Å². The number of hydrogen-bond acceptors (Lipinski definition) is 4. The summed E-state index contributed by atoms with van der Waals surface area (Å²) in [5.74, 6) is 0.834. The summed E-state index contributed by atoms with van der Waals surface area (Å²) in [7, 11) is 0. The summed E-state index contributed by atoms with van der Waals surface area (Å²) in [4.78, 5) is 20.8. The van der Waals surface area contributed by atoms with Crippen LogP contribution in [-0.4, -0.2) is 15.3 Å². The minimum Gasteiger partial charge on any atom is -0.298 e. The largest absolute Gasteiger partial charge is 0.298 e. The lowest BCUT2D eigenvalue weighted by molar-refractivity contribution is 0.695. The number of thiophene rings is 1. The van der Waals surface area contributed by atoms with Gasteiger partial charge in [-0.05, 0) is 55.5 Å². The molecule has 0 N–H and O–H groups in total. The molecule has 0 atom stereocenters. The Hall–Kier alpha value is -1.30. The number of benzene rings is 1. The van der Waals surface area contributed by atoms with Gasteiger partial charge in [0.2, 0.25) is 0 Å². The zero-order valence-electron chi connectivity index (χ0n) is 13.1. The molecule has 0 bridgehead atoms. The van der Waals surface area contributed by atoms with Gasteiger partial charge in [-0.3, -0.25) is 9.36 Å². The first kappa shape index (κ1) is 16.2. The monoisotopic (exact) mass is 376 g/mol.